The molecule has 7 nitrogen and oxygen atoms in total. The van der Waals surface area contributed by atoms with Crippen molar-refractivity contribution in [1.82, 2.24) is 0 Å². The number of anilines is 1. The number of aryl methyl sites for hydroxylation is 1. The monoisotopic (exact) mass is 407 g/mol. The second kappa shape index (κ2) is 10.1. The van der Waals surface area contributed by atoms with Crippen LogP contribution < -0.4 is 5.32 Å². The number of carbonyl (C=O) groups excluding carboxylic acids is 3. The van der Waals surface area contributed by atoms with E-state index in [1.54, 1.807) is 18.2 Å². The molecule has 0 saturated carbocycles. The minimum Gasteiger partial charge on any atom is -0.465 e. The molecule has 1 amide bonds. The normalized spacial score (nSPS) is 10.3. The number of furan rings is 1. The van der Waals surface area contributed by atoms with Gasteiger partial charge in [0.05, 0.1) is 24.8 Å². The van der Waals surface area contributed by atoms with Gasteiger partial charge in [0.2, 0.25) is 0 Å². The highest BCUT2D eigenvalue weighted by Crippen LogP contribution is 2.22. The van der Waals surface area contributed by atoms with Crippen LogP contribution in [-0.4, -0.2) is 31.6 Å². The third kappa shape index (κ3) is 5.57. The maximum absolute atomic E-state index is 12.1. The Hall–Kier alpha value is -3.87. The molecule has 0 spiro atoms. The molecular weight excluding hydrogens is 386 g/mol. The molecule has 0 fully saturated rings. The summed E-state index contributed by atoms with van der Waals surface area (Å²) in [5, 5.41) is 2.54. The Morgan fingerprint density at radius 3 is 2.43 bits per heavy atom. The number of rotatable bonds is 8. The first-order valence-electron chi connectivity index (χ1n) is 9.34. The Balaban J connectivity index is 1.46. The Labute approximate surface area is 173 Å². The van der Waals surface area contributed by atoms with Gasteiger partial charge in [-0.2, -0.15) is 0 Å². The lowest BCUT2D eigenvalue weighted by atomic mass is 10.2. The zero-order valence-corrected chi connectivity index (χ0v) is 16.4. The molecule has 30 heavy (non-hydrogen) atoms. The number of hydrogen-bond acceptors (Lipinski definition) is 6. The van der Waals surface area contributed by atoms with E-state index in [-0.39, 0.29) is 17.7 Å². The second-order valence-electron chi connectivity index (χ2n) is 6.38. The van der Waals surface area contributed by atoms with E-state index in [1.807, 2.05) is 42.5 Å². The van der Waals surface area contributed by atoms with Crippen molar-refractivity contribution in [2.75, 3.05) is 19.0 Å². The molecule has 2 aromatic carbocycles. The summed E-state index contributed by atoms with van der Waals surface area (Å²) < 4.78 is 15.4. The number of ether oxygens (including phenoxy) is 2. The lowest BCUT2D eigenvalue weighted by molar-refractivity contribution is -0.147. The van der Waals surface area contributed by atoms with Gasteiger partial charge < -0.3 is 19.2 Å². The van der Waals surface area contributed by atoms with Crippen LogP contribution in [0.3, 0.4) is 0 Å². The molecular formula is C23H21NO6. The topological polar surface area (TPSA) is 94.8 Å². The predicted octanol–water partition coefficient (Wildman–Crippen LogP) is 3.85. The SMILES string of the molecule is COC(=O)c1ccccc1NC(=O)COC(=O)CCc1ccc(-c2ccccc2)o1. The van der Waals surface area contributed by atoms with Gasteiger partial charge in [0.1, 0.15) is 11.5 Å². The highest BCUT2D eigenvalue weighted by Gasteiger charge is 2.15. The Morgan fingerprint density at radius 2 is 1.67 bits per heavy atom. The number of esters is 2. The van der Waals surface area contributed by atoms with Crippen LogP contribution in [0.5, 0.6) is 0 Å². The minimum absolute atomic E-state index is 0.0772. The summed E-state index contributed by atoms with van der Waals surface area (Å²) in [4.78, 5) is 35.7. The van der Waals surface area contributed by atoms with Gasteiger partial charge >= 0.3 is 11.9 Å². The minimum atomic E-state index is -0.573. The first-order valence-corrected chi connectivity index (χ1v) is 9.34. The molecule has 0 aliphatic heterocycles. The fourth-order valence-corrected chi connectivity index (χ4v) is 2.78. The van der Waals surface area contributed by atoms with Crippen molar-refractivity contribution in [1.29, 1.82) is 0 Å². The van der Waals surface area contributed by atoms with Crippen LogP contribution in [0.2, 0.25) is 0 Å². The Bertz CT molecular complexity index is 1020. The van der Waals surface area contributed by atoms with E-state index in [9.17, 15) is 14.4 Å². The molecule has 0 unspecified atom stereocenters. The maximum atomic E-state index is 12.1. The highest BCUT2D eigenvalue weighted by molar-refractivity contribution is 6.01. The number of carbonyl (C=O) groups is 3. The van der Waals surface area contributed by atoms with Gasteiger partial charge in [-0.1, -0.05) is 42.5 Å². The predicted molar refractivity (Wildman–Crippen MR) is 110 cm³/mol. The quantitative estimate of drug-likeness (QED) is 0.570. The van der Waals surface area contributed by atoms with E-state index in [1.165, 1.54) is 13.2 Å². The summed E-state index contributed by atoms with van der Waals surface area (Å²) in [6, 6.07) is 19.7. The first-order chi connectivity index (χ1) is 14.6. The Morgan fingerprint density at radius 1 is 0.933 bits per heavy atom. The van der Waals surface area contributed by atoms with Crippen LogP contribution >= 0.6 is 0 Å². The summed E-state index contributed by atoms with van der Waals surface area (Å²) in [5.74, 6) is -0.269. The van der Waals surface area contributed by atoms with E-state index in [0.717, 1.165) is 11.3 Å². The summed E-state index contributed by atoms with van der Waals surface area (Å²) in [5.41, 5.74) is 1.45. The summed E-state index contributed by atoms with van der Waals surface area (Å²) in [7, 11) is 1.25. The van der Waals surface area contributed by atoms with Crippen molar-refractivity contribution in [3.8, 4) is 11.3 Å². The second-order valence-corrected chi connectivity index (χ2v) is 6.38. The summed E-state index contributed by atoms with van der Waals surface area (Å²) >= 11 is 0. The van der Waals surface area contributed by atoms with Gasteiger partial charge in [0.25, 0.3) is 5.91 Å². The number of methoxy groups -OCH3 is 1. The van der Waals surface area contributed by atoms with Crippen molar-refractivity contribution >= 4 is 23.5 Å². The lowest BCUT2D eigenvalue weighted by Gasteiger charge is -2.09. The van der Waals surface area contributed by atoms with Crippen LogP contribution in [0.15, 0.2) is 71.1 Å². The number of benzene rings is 2. The fourth-order valence-electron chi connectivity index (χ4n) is 2.78. The standard InChI is InChI=1S/C23H21NO6/c1-28-23(27)18-9-5-6-10-19(18)24-21(25)15-29-22(26)14-12-17-11-13-20(30-17)16-7-3-2-4-8-16/h2-11,13H,12,14-15H2,1H3,(H,24,25). The van der Waals surface area contributed by atoms with E-state index < -0.39 is 24.5 Å². The Kier molecular flexibility index (Phi) is 7.00. The third-order valence-electron chi connectivity index (χ3n) is 4.27. The van der Waals surface area contributed by atoms with Gasteiger partial charge in [0.15, 0.2) is 6.61 Å². The lowest BCUT2D eigenvalue weighted by Crippen LogP contribution is -2.22. The third-order valence-corrected chi connectivity index (χ3v) is 4.27. The van der Waals surface area contributed by atoms with Crippen molar-refractivity contribution in [2.45, 2.75) is 12.8 Å². The van der Waals surface area contributed by atoms with Crippen molar-refractivity contribution < 1.29 is 28.3 Å². The number of nitrogens with one attached hydrogen (secondary N) is 1. The van der Waals surface area contributed by atoms with Crippen molar-refractivity contribution in [3.63, 3.8) is 0 Å². The molecule has 1 N–H and O–H groups in total. The van der Waals surface area contributed by atoms with Crippen LogP contribution in [0.25, 0.3) is 11.3 Å². The van der Waals surface area contributed by atoms with Gasteiger partial charge in [-0.3, -0.25) is 9.59 Å². The first kappa shape index (κ1) is 20.9. The molecule has 0 bridgehead atoms. The van der Waals surface area contributed by atoms with E-state index in [4.69, 9.17) is 9.15 Å². The van der Waals surface area contributed by atoms with Gasteiger partial charge in [0, 0.05) is 12.0 Å². The zero-order chi connectivity index (χ0) is 21.3. The zero-order valence-electron chi connectivity index (χ0n) is 16.4. The van der Waals surface area contributed by atoms with E-state index in [0.29, 0.717) is 12.2 Å². The average molecular weight is 407 g/mol. The van der Waals surface area contributed by atoms with Crippen LogP contribution in [0.1, 0.15) is 22.5 Å². The molecule has 3 rings (SSSR count). The molecule has 3 aromatic rings. The van der Waals surface area contributed by atoms with Crippen molar-refractivity contribution in [3.05, 3.63) is 78.1 Å². The maximum Gasteiger partial charge on any atom is 0.339 e. The molecule has 0 saturated heterocycles. The summed E-state index contributed by atoms with van der Waals surface area (Å²) in [6.07, 6.45) is 0.437. The molecule has 1 aromatic heterocycles. The largest absolute Gasteiger partial charge is 0.465 e. The van der Waals surface area contributed by atoms with Crippen LogP contribution in [-0.2, 0) is 25.5 Å². The molecule has 0 aliphatic carbocycles. The van der Waals surface area contributed by atoms with E-state index >= 15 is 0 Å². The highest BCUT2D eigenvalue weighted by atomic mass is 16.5. The van der Waals surface area contributed by atoms with Crippen LogP contribution in [0.4, 0.5) is 5.69 Å². The number of hydrogen-bond donors (Lipinski definition) is 1. The molecule has 0 atom stereocenters. The summed E-state index contributed by atoms with van der Waals surface area (Å²) in [6.45, 7) is -0.457. The molecule has 0 radical (unpaired) electrons. The smallest absolute Gasteiger partial charge is 0.339 e. The van der Waals surface area contributed by atoms with Gasteiger partial charge in [-0.15, -0.1) is 0 Å². The van der Waals surface area contributed by atoms with Crippen LogP contribution in [0, 0.1) is 0 Å². The van der Waals surface area contributed by atoms with Crippen molar-refractivity contribution in [2.24, 2.45) is 0 Å². The fraction of sp³-hybridized carbons (Fsp3) is 0.174. The number of amides is 1. The van der Waals surface area contributed by atoms with E-state index in [2.05, 4.69) is 10.1 Å². The molecule has 1 heterocycles. The average Bonchev–Trinajstić information content (AvgIpc) is 3.26. The van der Waals surface area contributed by atoms with Gasteiger partial charge in [-0.25, -0.2) is 4.79 Å². The molecule has 0 aliphatic rings. The number of para-hydroxylation sites is 1. The van der Waals surface area contributed by atoms with Gasteiger partial charge in [-0.05, 0) is 24.3 Å². The molecule has 7 heteroatoms. The molecule has 154 valence electrons.